The van der Waals surface area contributed by atoms with E-state index in [-0.39, 0.29) is 30.0 Å². The van der Waals surface area contributed by atoms with Gasteiger partial charge >= 0.3 is 6.09 Å². The Morgan fingerprint density at radius 2 is 1.81 bits per heavy atom. The standard InChI is InChI=1S/C23H30FN3O5/c1-22(13-32-14-22)20(29)27-9-7-16(8-10-27)19(28)23(26(2)21(30)31)12-25-11-18(23)15-3-5-17(24)6-4-15/h3-6,16,18,25H,7-14H2,1-2H3,(H,30,31)/t18-,23+/m0/s1. The van der Waals surface area contributed by atoms with Gasteiger partial charge in [0, 0.05) is 45.1 Å². The lowest BCUT2D eigenvalue weighted by Gasteiger charge is -2.45. The number of hydrogen-bond acceptors (Lipinski definition) is 5. The zero-order valence-electron chi connectivity index (χ0n) is 18.5. The fourth-order valence-electron chi connectivity index (χ4n) is 5.35. The molecule has 0 radical (unpaired) electrons. The van der Waals surface area contributed by atoms with Gasteiger partial charge in [-0.3, -0.25) is 14.5 Å². The minimum Gasteiger partial charge on any atom is -0.465 e. The maximum absolute atomic E-state index is 13.9. The maximum Gasteiger partial charge on any atom is 0.407 e. The summed E-state index contributed by atoms with van der Waals surface area (Å²) in [5, 5.41) is 13.0. The molecule has 8 nitrogen and oxygen atoms in total. The molecule has 2 N–H and O–H groups in total. The van der Waals surface area contributed by atoms with Gasteiger partial charge in [0.05, 0.1) is 18.6 Å². The van der Waals surface area contributed by atoms with E-state index in [1.54, 1.807) is 17.0 Å². The van der Waals surface area contributed by atoms with Crippen LogP contribution in [0.2, 0.25) is 0 Å². The van der Waals surface area contributed by atoms with Crippen LogP contribution in [0.4, 0.5) is 9.18 Å². The largest absolute Gasteiger partial charge is 0.465 e. The van der Waals surface area contributed by atoms with Crippen LogP contribution in [0.3, 0.4) is 0 Å². The van der Waals surface area contributed by atoms with Crippen molar-refractivity contribution < 1.29 is 28.6 Å². The van der Waals surface area contributed by atoms with E-state index in [0.29, 0.717) is 45.7 Å². The van der Waals surface area contributed by atoms with Crippen LogP contribution in [-0.4, -0.2) is 84.7 Å². The van der Waals surface area contributed by atoms with E-state index in [1.807, 2.05) is 6.92 Å². The van der Waals surface area contributed by atoms with E-state index in [2.05, 4.69) is 5.32 Å². The van der Waals surface area contributed by atoms with Crippen molar-refractivity contribution in [1.82, 2.24) is 15.1 Å². The number of halogens is 1. The smallest absolute Gasteiger partial charge is 0.407 e. The fourth-order valence-corrected chi connectivity index (χ4v) is 5.35. The molecule has 1 aromatic carbocycles. The summed E-state index contributed by atoms with van der Waals surface area (Å²) in [6.07, 6.45) is -0.195. The van der Waals surface area contributed by atoms with Gasteiger partial charge in [0.15, 0.2) is 5.78 Å². The SMILES string of the molecule is CN(C(=O)O)[C@]1(C(=O)C2CCN(C(=O)C3(C)COC3)CC2)CNC[C@H]1c1ccc(F)cc1. The van der Waals surface area contributed by atoms with Gasteiger partial charge in [-0.2, -0.15) is 0 Å². The molecule has 1 aromatic rings. The molecule has 2 amide bonds. The first kappa shape index (κ1) is 22.7. The van der Waals surface area contributed by atoms with Gasteiger partial charge in [0.1, 0.15) is 11.4 Å². The lowest BCUT2D eigenvalue weighted by atomic mass is 9.72. The van der Waals surface area contributed by atoms with Crippen LogP contribution in [0.5, 0.6) is 0 Å². The van der Waals surface area contributed by atoms with Gasteiger partial charge in [-0.1, -0.05) is 12.1 Å². The first-order chi connectivity index (χ1) is 15.2. The second-order valence-corrected chi connectivity index (χ2v) is 9.49. The monoisotopic (exact) mass is 447 g/mol. The van der Waals surface area contributed by atoms with Crippen molar-refractivity contribution in [2.24, 2.45) is 11.3 Å². The topological polar surface area (TPSA) is 99.2 Å². The number of nitrogens with zero attached hydrogens (tertiary/aromatic N) is 2. The number of ether oxygens (including phenoxy) is 1. The van der Waals surface area contributed by atoms with E-state index < -0.39 is 23.0 Å². The summed E-state index contributed by atoms with van der Waals surface area (Å²) < 4.78 is 18.7. The molecule has 3 saturated heterocycles. The maximum atomic E-state index is 13.9. The molecule has 3 fully saturated rings. The van der Waals surface area contributed by atoms with Gasteiger partial charge in [0.25, 0.3) is 0 Å². The van der Waals surface area contributed by atoms with Crippen LogP contribution in [0, 0.1) is 17.2 Å². The Bertz CT molecular complexity index is 895. The van der Waals surface area contributed by atoms with Crippen LogP contribution < -0.4 is 5.32 Å². The third kappa shape index (κ3) is 3.67. The highest BCUT2D eigenvalue weighted by Crippen LogP contribution is 2.41. The summed E-state index contributed by atoms with van der Waals surface area (Å²) >= 11 is 0. The lowest BCUT2D eigenvalue weighted by Crippen LogP contribution is -2.62. The highest BCUT2D eigenvalue weighted by Gasteiger charge is 2.56. The Morgan fingerprint density at radius 1 is 1.19 bits per heavy atom. The molecule has 0 spiro atoms. The zero-order chi connectivity index (χ0) is 23.1. The first-order valence-electron chi connectivity index (χ1n) is 11.0. The Morgan fingerprint density at radius 3 is 2.34 bits per heavy atom. The van der Waals surface area contributed by atoms with E-state index in [0.717, 1.165) is 10.5 Å². The number of hydrogen-bond donors (Lipinski definition) is 2. The molecule has 3 aliphatic heterocycles. The minimum absolute atomic E-state index is 0.0544. The van der Waals surface area contributed by atoms with E-state index >= 15 is 0 Å². The van der Waals surface area contributed by atoms with Crippen molar-refractivity contribution >= 4 is 17.8 Å². The van der Waals surface area contributed by atoms with Gasteiger partial charge < -0.3 is 20.1 Å². The van der Waals surface area contributed by atoms with Crippen LogP contribution in [0.25, 0.3) is 0 Å². The van der Waals surface area contributed by atoms with E-state index in [4.69, 9.17) is 4.74 Å². The number of likely N-dealkylation sites (N-methyl/N-ethyl adjacent to an activating group) is 1. The predicted octanol–water partition coefficient (Wildman–Crippen LogP) is 1.71. The normalized spacial score (nSPS) is 27.6. The number of carbonyl (C=O) groups is 3. The molecule has 0 aliphatic carbocycles. The number of amides is 2. The molecular formula is C23H30FN3O5. The molecule has 0 unspecified atom stereocenters. The molecule has 0 saturated carbocycles. The third-order valence-electron chi connectivity index (χ3n) is 7.41. The highest BCUT2D eigenvalue weighted by atomic mass is 19.1. The summed E-state index contributed by atoms with van der Waals surface area (Å²) in [4.78, 5) is 41.6. The summed E-state index contributed by atoms with van der Waals surface area (Å²) in [6, 6.07) is 5.90. The van der Waals surface area contributed by atoms with Crippen LogP contribution >= 0.6 is 0 Å². The van der Waals surface area contributed by atoms with Crippen molar-refractivity contribution in [2.45, 2.75) is 31.2 Å². The number of piperidine rings is 1. The number of ketones is 1. The minimum atomic E-state index is -1.28. The molecule has 174 valence electrons. The average Bonchev–Trinajstić information content (AvgIpc) is 3.22. The summed E-state index contributed by atoms with van der Waals surface area (Å²) in [6.45, 7) is 4.28. The lowest BCUT2D eigenvalue weighted by molar-refractivity contribution is -0.170. The molecule has 4 rings (SSSR count). The van der Waals surface area contributed by atoms with Gasteiger partial charge in [-0.05, 0) is 37.5 Å². The van der Waals surface area contributed by atoms with Gasteiger partial charge in [-0.25, -0.2) is 9.18 Å². The van der Waals surface area contributed by atoms with Crippen LogP contribution in [0.15, 0.2) is 24.3 Å². The van der Waals surface area contributed by atoms with Gasteiger partial charge in [-0.15, -0.1) is 0 Å². The zero-order valence-corrected chi connectivity index (χ0v) is 18.5. The van der Waals surface area contributed by atoms with Crippen molar-refractivity contribution in [3.63, 3.8) is 0 Å². The third-order valence-corrected chi connectivity index (χ3v) is 7.41. The van der Waals surface area contributed by atoms with Crippen LogP contribution in [-0.2, 0) is 14.3 Å². The van der Waals surface area contributed by atoms with Gasteiger partial charge in [0.2, 0.25) is 5.91 Å². The number of carboxylic acid groups (broad SMARTS) is 1. The number of likely N-dealkylation sites (tertiary alicyclic amines) is 1. The summed E-state index contributed by atoms with van der Waals surface area (Å²) in [5.74, 6) is -1.24. The number of nitrogens with one attached hydrogen (secondary N) is 1. The number of benzene rings is 1. The number of carbonyl (C=O) groups excluding carboxylic acids is 2. The van der Waals surface area contributed by atoms with Crippen LogP contribution in [0.1, 0.15) is 31.2 Å². The second kappa shape index (κ2) is 8.44. The van der Waals surface area contributed by atoms with Crippen molar-refractivity contribution in [2.75, 3.05) is 46.4 Å². The van der Waals surface area contributed by atoms with Crippen molar-refractivity contribution in [1.29, 1.82) is 0 Å². The molecule has 0 aromatic heterocycles. The van der Waals surface area contributed by atoms with E-state index in [1.165, 1.54) is 19.2 Å². The Labute approximate surface area is 186 Å². The van der Waals surface area contributed by atoms with E-state index in [9.17, 15) is 23.9 Å². The quantitative estimate of drug-likeness (QED) is 0.713. The molecule has 9 heteroatoms. The Hall–Kier alpha value is -2.52. The predicted molar refractivity (Wildman–Crippen MR) is 114 cm³/mol. The number of rotatable bonds is 5. The summed E-state index contributed by atoms with van der Waals surface area (Å²) in [7, 11) is 1.43. The molecule has 0 bridgehead atoms. The molecule has 2 atom stereocenters. The first-order valence-corrected chi connectivity index (χ1v) is 11.0. The Kier molecular flexibility index (Phi) is 5.98. The average molecular weight is 448 g/mol. The second-order valence-electron chi connectivity index (χ2n) is 9.49. The van der Waals surface area contributed by atoms with Crippen molar-refractivity contribution in [3.8, 4) is 0 Å². The highest BCUT2D eigenvalue weighted by molar-refractivity contribution is 5.95. The number of Topliss-reactive ketones (excluding diaryl/α,β-unsaturated/α-hetero) is 1. The molecular weight excluding hydrogens is 417 g/mol. The molecule has 3 aliphatic rings. The summed E-state index contributed by atoms with van der Waals surface area (Å²) in [5.41, 5.74) is -1.04. The molecule has 3 heterocycles. The fraction of sp³-hybridized carbons (Fsp3) is 0.609. The van der Waals surface area contributed by atoms with Crippen molar-refractivity contribution in [3.05, 3.63) is 35.6 Å². The molecule has 32 heavy (non-hydrogen) atoms. The Balaban J connectivity index is 1.56.